The first-order valence-electron chi connectivity index (χ1n) is 11.2. The number of ether oxygens (including phenoxy) is 1. The number of rotatable bonds is 6. The Labute approximate surface area is 201 Å². The van der Waals surface area contributed by atoms with E-state index in [0.29, 0.717) is 11.3 Å². The van der Waals surface area contributed by atoms with Crippen molar-refractivity contribution in [2.24, 2.45) is 11.8 Å². The van der Waals surface area contributed by atoms with Crippen molar-refractivity contribution in [1.29, 1.82) is 0 Å². The van der Waals surface area contributed by atoms with Gasteiger partial charge in [-0.05, 0) is 47.5 Å². The van der Waals surface area contributed by atoms with Gasteiger partial charge in [0.25, 0.3) is 0 Å². The minimum atomic E-state index is -1.72. The van der Waals surface area contributed by atoms with Gasteiger partial charge in [0.2, 0.25) is 11.8 Å². The molecule has 2 fully saturated rings. The number of anilines is 1. The number of carboxylic acid groups (broad SMARTS) is 1. The first kappa shape index (κ1) is 22.7. The van der Waals surface area contributed by atoms with Gasteiger partial charge in [0, 0.05) is 12.5 Å². The molecule has 2 saturated heterocycles. The van der Waals surface area contributed by atoms with Gasteiger partial charge in [-0.15, -0.1) is 0 Å². The van der Waals surface area contributed by atoms with Gasteiger partial charge in [-0.3, -0.25) is 19.7 Å². The van der Waals surface area contributed by atoms with Crippen LogP contribution in [0.3, 0.4) is 0 Å². The largest absolute Gasteiger partial charge is 0.497 e. The van der Waals surface area contributed by atoms with Crippen molar-refractivity contribution in [2.45, 2.75) is 18.0 Å². The summed E-state index contributed by atoms with van der Waals surface area (Å²) in [4.78, 5) is 41.3. The van der Waals surface area contributed by atoms with Crippen molar-refractivity contribution >= 4 is 23.5 Å². The zero-order valence-corrected chi connectivity index (χ0v) is 18.9. The molecule has 0 saturated carbocycles. The van der Waals surface area contributed by atoms with E-state index in [-0.39, 0.29) is 12.1 Å². The molecule has 35 heavy (non-hydrogen) atoms. The molecule has 8 heteroatoms. The van der Waals surface area contributed by atoms with Crippen molar-refractivity contribution in [1.82, 2.24) is 5.32 Å². The summed E-state index contributed by atoms with van der Waals surface area (Å²) < 4.78 is 18.8. The number of benzene rings is 3. The third-order valence-corrected chi connectivity index (χ3v) is 6.92. The van der Waals surface area contributed by atoms with Crippen molar-refractivity contribution in [2.75, 3.05) is 12.0 Å². The first-order chi connectivity index (χ1) is 16.9. The van der Waals surface area contributed by atoms with Crippen LogP contribution in [0, 0.1) is 17.7 Å². The molecule has 0 bridgehead atoms. The van der Waals surface area contributed by atoms with Crippen LogP contribution in [0.4, 0.5) is 10.1 Å². The molecule has 0 spiro atoms. The number of nitrogens with one attached hydrogen (secondary N) is 1. The molecule has 2 amide bonds. The van der Waals surface area contributed by atoms with E-state index in [1.165, 1.54) is 19.2 Å². The monoisotopic (exact) mass is 474 g/mol. The molecule has 2 aliphatic rings. The van der Waals surface area contributed by atoms with Gasteiger partial charge in [0.15, 0.2) is 0 Å². The van der Waals surface area contributed by atoms with Crippen LogP contribution in [0.15, 0.2) is 78.9 Å². The van der Waals surface area contributed by atoms with Gasteiger partial charge < -0.3 is 9.84 Å². The highest BCUT2D eigenvalue weighted by Crippen LogP contribution is 2.51. The van der Waals surface area contributed by atoms with E-state index in [9.17, 15) is 23.9 Å². The average molecular weight is 474 g/mol. The molecular formula is C27H23FN2O5. The van der Waals surface area contributed by atoms with E-state index >= 15 is 0 Å². The molecule has 2 N–H and O–H groups in total. The lowest BCUT2D eigenvalue weighted by molar-refractivity contribution is -0.148. The van der Waals surface area contributed by atoms with Crippen LogP contribution in [0.25, 0.3) is 0 Å². The fraction of sp³-hybridized carbons (Fsp3) is 0.222. The molecule has 3 aromatic carbocycles. The van der Waals surface area contributed by atoms with Gasteiger partial charge in [-0.2, -0.15) is 0 Å². The van der Waals surface area contributed by atoms with E-state index in [1.807, 2.05) is 6.07 Å². The summed E-state index contributed by atoms with van der Waals surface area (Å²) in [6, 6.07) is 20.3. The number of fused-ring (bicyclic) bond motifs is 1. The Hall–Kier alpha value is -4.04. The molecule has 0 radical (unpaired) electrons. The van der Waals surface area contributed by atoms with Crippen LogP contribution < -0.4 is 15.0 Å². The Kier molecular flexibility index (Phi) is 5.61. The van der Waals surface area contributed by atoms with Crippen LogP contribution in [-0.2, 0) is 20.8 Å². The second-order valence-electron chi connectivity index (χ2n) is 8.83. The summed E-state index contributed by atoms with van der Waals surface area (Å²) in [5.41, 5.74) is -0.127. The summed E-state index contributed by atoms with van der Waals surface area (Å²) in [7, 11) is 1.54. The van der Waals surface area contributed by atoms with Crippen LogP contribution in [0.5, 0.6) is 5.75 Å². The minimum absolute atomic E-state index is 0.00721. The molecule has 5 rings (SSSR count). The summed E-state index contributed by atoms with van der Waals surface area (Å²) in [5.74, 6) is -4.36. The SMILES string of the molecule is COc1ccc([C@@H]2N[C@](Cc3ccccc3)(C(=O)O)[C@H]3C(=O)N(c4ccc(F)cc4)C(=O)[C@H]23)cc1. The van der Waals surface area contributed by atoms with E-state index in [2.05, 4.69) is 5.32 Å². The molecular weight excluding hydrogens is 451 g/mol. The van der Waals surface area contributed by atoms with E-state index in [1.54, 1.807) is 48.5 Å². The normalized spacial score (nSPS) is 25.5. The highest BCUT2D eigenvalue weighted by Gasteiger charge is 2.68. The molecule has 2 heterocycles. The highest BCUT2D eigenvalue weighted by atomic mass is 19.1. The standard InChI is InChI=1S/C27H23FN2O5/c1-35-20-13-7-17(8-14-20)23-21-22(25(32)30(24(21)31)19-11-9-18(28)10-12-19)27(29-23,26(33)34)15-16-5-3-2-4-6-16/h2-14,21-23,29H,15H2,1H3,(H,33,34)/t21-,22+,23-,27-/m0/s1. The zero-order valence-electron chi connectivity index (χ0n) is 18.9. The molecule has 0 unspecified atom stereocenters. The predicted molar refractivity (Wildman–Crippen MR) is 125 cm³/mol. The number of methoxy groups -OCH3 is 1. The van der Waals surface area contributed by atoms with Crippen molar-refractivity contribution < 1.29 is 28.6 Å². The Morgan fingerprint density at radius 1 is 1.00 bits per heavy atom. The highest BCUT2D eigenvalue weighted by molar-refractivity contribution is 6.24. The Morgan fingerprint density at radius 2 is 1.66 bits per heavy atom. The van der Waals surface area contributed by atoms with Gasteiger partial charge in [-0.25, -0.2) is 9.29 Å². The van der Waals surface area contributed by atoms with Crippen LogP contribution in [0.2, 0.25) is 0 Å². The fourth-order valence-electron chi connectivity index (χ4n) is 5.30. The van der Waals surface area contributed by atoms with E-state index in [4.69, 9.17) is 4.74 Å². The number of imide groups is 1. The summed E-state index contributed by atoms with van der Waals surface area (Å²) in [5, 5.41) is 13.7. The lowest BCUT2D eigenvalue weighted by atomic mass is 9.76. The Morgan fingerprint density at radius 3 is 2.26 bits per heavy atom. The number of carboxylic acids is 1. The smallest absolute Gasteiger partial charge is 0.325 e. The number of hydrogen-bond donors (Lipinski definition) is 2. The molecule has 2 aliphatic heterocycles. The van der Waals surface area contributed by atoms with Crippen molar-refractivity contribution in [3.05, 3.63) is 95.8 Å². The summed E-state index contributed by atoms with van der Waals surface area (Å²) in [6.45, 7) is 0. The van der Waals surface area contributed by atoms with Crippen LogP contribution in [-0.4, -0.2) is 35.5 Å². The maximum absolute atomic E-state index is 13.8. The number of amides is 2. The van der Waals surface area contributed by atoms with Gasteiger partial charge in [0.1, 0.15) is 17.1 Å². The maximum Gasteiger partial charge on any atom is 0.325 e. The minimum Gasteiger partial charge on any atom is -0.497 e. The third kappa shape index (κ3) is 3.66. The third-order valence-electron chi connectivity index (χ3n) is 6.92. The number of aliphatic carboxylic acids is 1. The van der Waals surface area contributed by atoms with E-state index < -0.39 is 47.0 Å². The number of carbonyl (C=O) groups is 3. The topological polar surface area (TPSA) is 95.9 Å². The van der Waals surface area contributed by atoms with Gasteiger partial charge in [0.05, 0.1) is 24.6 Å². The molecule has 7 nitrogen and oxygen atoms in total. The second-order valence-corrected chi connectivity index (χ2v) is 8.83. The fourth-order valence-corrected chi connectivity index (χ4v) is 5.30. The number of carbonyl (C=O) groups excluding carboxylic acids is 2. The second kappa shape index (κ2) is 8.63. The van der Waals surface area contributed by atoms with Crippen molar-refractivity contribution in [3.8, 4) is 5.75 Å². The lowest BCUT2D eigenvalue weighted by Crippen LogP contribution is -2.57. The summed E-state index contributed by atoms with van der Waals surface area (Å²) >= 11 is 0. The average Bonchev–Trinajstić information content (AvgIpc) is 3.34. The maximum atomic E-state index is 13.8. The summed E-state index contributed by atoms with van der Waals surface area (Å²) in [6.07, 6.45) is 0.00721. The van der Waals surface area contributed by atoms with Gasteiger partial charge in [-0.1, -0.05) is 42.5 Å². The lowest BCUT2D eigenvalue weighted by Gasteiger charge is -2.31. The molecule has 4 atom stereocenters. The van der Waals surface area contributed by atoms with Gasteiger partial charge >= 0.3 is 5.97 Å². The number of hydrogen-bond acceptors (Lipinski definition) is 5. The first-order valence-corrected chi connectivity index (χ1v) is 11.2. The molecule has 178 valence electrons. The Bertz CT molecular complexity index is 1280. The van der Waals surface area contributed by atoms with Crippen LogP contribution >= 0.6 is 0 Å². The Balaban J connectivity index is 1.64. The molecule has 0 aromatic heterocycles. The van der Waals surface area contributed by atoms with Crippen LogP contribution in [0.1, 0.15) is 17.2 Å². The number of nitrogens with zero attached hydrogens (tertiary/aromatic N) is 1. The quantitative estimate of drug-likeness (QED) is 0.532. The molecule has 3 aromatic rings. The van der Waals surface area contributed by atoms with Crippen molar-refractivity contribution in [3.63, 3.8) is 0 Å². The van der Waals surface area contributed by atoms with E-state index in [0.717, 1.165) is 22.6 Å². The zero-order chi connectivity index (χ0) is 24.7. The number of halogens is 1. The molecule has 0 aliphatic carbocycles. The predicted octanol–water partition coefficient (Wildman–Crippen LogP) is 3.35.